The van der Waals surface area contributed by atoms with Crippen LogP contribution < -0.4 is 0 Å². The number of allylic oxidation sites excluding steroid dienone is 3. The maximum absolute atomic E-state index is 8.43. The lowest BCUT2D eigenvalue weighted by atomic mass is 10.1. The van der Waals surface area contributed by atoms with Crippen molar-refractivity contribution in [2.45, 2.75) is 39.8 Å². The molecular formula is C11H20O4. The van der Waals surface area contributed by atoms with Crippen molar-refractivity contribution < 1.29 is 20.1 Å². The van der Waals surface area contributed by atoms with E-state index in [0.717, 1.165) is 18.4 Å². The quantitative estimate of drug-likeness (QED) is 0.462. The van der Waals surface area contributed by atoms with Gasteiger partial charge in [-0.05, 0) is 33.6 Å². The van der Waals surface area contributed by atoms with E-state index < -0.39 is 6.16 Å². The number of ether oxygens (including phenoxy) is 1. The first-order valence-electron chi connectivity index (χ1n) is 4.91. The molecule has 15 heavy (non-hydrogen) atoms. The number of hydrogen-bond acceptors (Lipinski definition) is 4. The summed E-state index contributed by atoms with van der Waals surface area (Å²) in [7, 11) is 0. The summed E-state index contributed by atoms with van der Waals surface area (Å²) in [6, 6.07) is 0. The van der Waals surface area contributed by atoms with Gasteiger partial charge in [0.15, 0.2) is 0 Å². The third kappa shape index (κ3) is 11.2. The molecule has 0 saturated heterocycles. The van der Waals surface area contributed by atoms with E-state index in [0.29, 0.717) is 0 Å². The Hall–Kier alpha value is -0.680. The van der Waals surface area contributed by atoms with Gasteiger partial charge in [0, 0.05) is 0 Å². The van der Waals surface area contributed by atoms with Crippen LogP contribution in [0.15, 0.2) is 23.3 Å². The fourth-order valence-electron chi connectivity index (χ4n) is 0.986. The second kappa shape index (κ2) is 6.74. The second-order valence-electron chi connectivity index (χ2n) is 3.76. The van der Waals surface area contributed by atoms with E-state index in [1.54, 1.807) is 6.08 Å². The fourth-order valence-corrected chi connectivity index (χ4v) is 0.986. The molecule has 0 bridgehead atoms. The van der Waals surface area contributed by atoms with Crippen LogP contribution in [0, 0.1) is 0 Å². The molecule has 0 rings (SSSR count). The predicted molar refractivity (Wildman–Crippen MR) is 57.8 cm³/mol. The zero-order valence-corrected chi connectivity index (χ0v) is 9.53. The molecule has 0 spiro atoms. The Kier molecular flexibility index (Phi) is 6.43. The van der Waals surface area contributed by atoms with Gasteiger partial charge < -0.3 is 15.3 Å². The molecule has 0 heterocycles. The molecule has 0 aromatic heterocycles. The van der Waals surface area contributed by atoms with Crippen molar-refractivity contribution in [3.05, 3.63) is 23.3 Å². The van der Waals surface area contributed by atoms with Crippen LogP contribution >= 0.6 is 0 Å². The molecule has 0 unspecified atom stereocenters. The van der Waals surface area contributed by atoms with Crippen molar-refractivity contribution in [2.24, 2.45) is 0 Å². The summed E-state index contributed by atoms with van der Waals surface area (Å²) in [6.45, 7) is 5.99. The van der Waals surface area contributed by atoms with Gasteiger partial charge in [-0.3, -0.25) is 4.74 Å². The van der Waals surface area contributed by atoms with Crippen LogP contribution in [0.4, 0.5) is 0 Å². The van der Waals surface area contributed by atoms with Gasteiger partial charge in [0.2, 0.25) is 0 Å². The first-order valence-corrected chi connectivity index (χ1v) is 4.91. The zero-order valence-electron chi connectivity index (χ0n) is 9.53. The van der Waals surface area contributed by atoms with Gasteiger partial charge in [0.25, 0.3) is 0 Å². The molecule has 0 aromatic carbocycles. The summed E-state index contributed by atoms with van der Waals surface area (Å²) in [4.78, 5) is 0. The molecule has 0 atom stereocenters. The monoisotopic (exact) mass is 216 g/mol. The van der Waals surface area contributed by atoms with E-state index in [1.165, 1.54) is 5.57 Å². The summed E-state index contributed by atoms with van der Waals surface area (Å²) >= 11 is 0. The highest BCUT2D eigenvalue weighted by Crippen LogP contribution is 2.07. The highest BCUT2D eigenvalue weighted by atomic mass is 16.9. The Bertz CT molecular complexity index is 231. The van der Waals surface area contributed by atoms with Crippen LogP contribution in [0.25, 0.3) is 0 Å². The number of aliphatic hydroxyl groups is 3. The summed E-state index contributed by atoms with van der Waals surface area (Å²) in [6.07, 6.45) is 2.65. The van der Waals surface area contributed by atoms with Crippen LogP contribution in [0.5, 0.6) is 0 Å². The number of rotatable bonds is 6. The second-order valence-corrected chi connectivity index (χ2v) is 3.76. The van der Waals surface area contributed by atoms with Gasteiger partial charge in [0.1, 0.15) is 0 Å². The smallest absolute Gasteiger partial charge is 0.319 e. The maximum Gasteiger partial charge on any atom is 0.405 e. The minimum Gasteiger partial charge on any atom is -0.319 e. The van der Waals surface area contributed by atoms with Crippen molar-refractivity contribution >= 4 is 0 Å². The minimum absolute atomic E-state index is 0.0237. The van der Waals surface area contributed by atoms with Crippen LogP contribution in [-0.2, 0) is 4.74 Å². The van der Waals surface area contributed by atoms with E-state index in [2.05, 4.69) is 10.8 Å². The van der Waals surface area contributed by atoms with Crippen molar-refractivity contribution in [1.29, 1.82) is 0 Å². The average molecular weight is 216 g/mol. The Balaban J connectivity index is 3.75. The van der Waals surface area contributed by atoms with Gasteiger partial charge in [-0.25, -0.2) is 0 Å². The third-order valence-electron chi connectivity index (χ3n) is 1.80. The predicted octanol–water partition coefficient (Wildman–Crippen LogP) is 1.28. The Morgan fingerprint density at radius 2 is 1.73 bits per heavy atom. The highest BCUT2D eigenvalue weighted by Gasteiger charge is 2.17. The molecule has 3 N–H and O–H groups in total. The lowest BCUT2D eigenvalue weighted by Gasteiger charge is -2.12. The molecule has 0 aliphatic heterocycles. The highest BCUT2D eigenvalue weighted by molar-refractivity contribution is 5.02. The molecule has 0 saturated carbocycles. The van der Waals surface area contributed by atoms with Gasteiger partial charge in [-0.2, -0.15) is 0 Å². The van der Waals surface area contributed by atoms with E-state index >= 15 is 0 Å². The van der Waals surface area contributed by atoms with E-state index in [-0.39, 0.29) is 6.61 Å². The van der Waals surface area contributed by atoms with E-state index in [9.17, 15) is 0 Å². The Labute approximate surface area is 90.5 Å². The lowest BCUT2D eigenvalue weighted by Crippen LogP contribution is -2.31. The molecular weight excluding hydrogens is 196 g/mol. The van der Waals surface area contributed by atoms with Gasteiger partial charge in [0.05, 0.1) is 6.61 Å². The first-order chi connectivity index (χ1) is 6.81. The van der Waals surface area contributed by atoms with Crippen LogP contribution in [0.2, 0.25) is 0 Å². The topological polar surface area (TPSA) is 69.9 Å². The zero-order chi connectivity index (χ0) is 11.9. The summed E-state index contributed by atoms with van der Waals surface area (Å²) < 4.78 is 4.30. The van der Waals surface area contributed by atoms with Crippen LogP contribution in [-0.4, -0.2) is 28.1 Å². The summed E-state index contributed by atoms with van der Waals surface area (Å²) in [5.41, 5.74) is 2.36. The van der Waals surface area contributed by atoms with Gasteiger partial charge in [-0.1, -0.05) is 23.3 Å². The number of hydrogen-bond donors (Lipinski definition) is 3. The maximum atomic E-state index is 8.43. The van der Waals surface area contributed by atoms with Crippen LogP contribution in [0.3, 0.4) is 0 Å². The van der Waals surface area contributed by atoms with Crippen molar-refractivity contribution in [3.63, 3.8) is 0 Å². The normalized spacial score (nSPS) is 12.8. The van der Waals surface area contributed by atoms with Crippen molar-refractivity contribution in [3.8, 4) is 0 Å². The average Bonchev–Trinajstić information content (AvgIpc) is 2.00. The molecule has 0 fully saturated rings. The molecule has 0 amide bonds. The SMILES string of the molecule is CC(C)=CCC/C(C)=C/COC(O)(O)O. The summed E-state index contributed by atoms with van der Waals surface area (Å²) in [5.74, 6) is 0. The molecule has 0 aromatic rings. The summed E-state index contributed by atoms with van der Waals surface area (Å²) in [5, 5.41) is 25.3. The molecule has 4 nitrogen and oxygen atoms in total. The molecule has 0 aliphatic rings. The van der Waals surface area contributed by atoms with E-state index in [1.807, 2.05) is 20.8 Å². The minimum atomic E-state index is -3.03. The van der Waals surface area contributed by atoms with Crippen molar-refractivity contribution in [2.75, 3.05) is 6.61 Å². The molecule has 4 heteroatoms. The van der Waals surface area contributed by atoms with Gasteiger partial charge >= 0.3 is 6.16 Å². The lowest BCUT2D eigenvalue weighted by molar-refractivity contribution is -0.451. The molecule has 0 aliphatic carbocycles. The largest absolute Gasteiger partial charge is 0.405 e. The van der Waals surface area contributed by atoms with Crippen LogP contribution in [0.1, 0.15) is 33.6 Å². The standard InChI is InChI=1S/C11H20O4/c1-9(2)5-4-6-10(3)7-8-15-11(12,13)14/h5,7,12-14H,4,6,8H2,1-3H3/b10-7+. The van der Waals surface area contributed by atoms with Gasteiger partial charge in [-0.15, -0.1) is 0 Å². The first kappa shape index (κ1) is 14.3. The third-order valence-corrected chi connectivity index (χ3v) is 1.80. The van der Waals surface area contributed by atoms with E-state index in [4.69, 9.17) is 15.3 Å². The Morgan fingerprint density at radius 1 is 1.13 bits per heavy atom. The fraction of sp³-hybridized carbons (Fsp3) is 0.636. The molecule has 0 radical (unpaired) electrons. The molecule has 88 valence electrons. The van der Waals surface area contributed by atoms with Crippen molar-refractivity contribution in [1.82, 2.24) is 0 Å². The Morgan fingerprint density at radius 3 is 2.20 bits per heavy atom.